The quantitative estimate of drug-likeness (QED) is 0.695. The van der Waals surface area contributed by atoms with E-state index in [4.69, 9.17) is 0 Å². The predicted octanol–water partition coefficient (Wildman–Crippen LogP) is 1.47. The minimum absolute atomic E-state index is 0.799. The lowest BCUT2D eigenvalue weighted by Crippen LogP contribution is -2.41. The van der Waals surface area contributed by atoms with Gasteiger partial charge in [-0.05, 0) is 51.2 Å². The van der Waals surface area contributed by atoms with Crippen molar-refractivity contribution >= 4 is 0 Å². The van der Waals surface area contributed by atoms with Crippen LogP contribution in [0.5, 0.6) is 0 Å². The molecule has 0 aliphatic carbocycles. The molecular formula is C11H22N2. The van der Waals surface area contributed by atoms with E-state index in [9.17, 15) is 0 Å². The van der Waals surface area contributed by atoms with E-state index in [0.29, 0.717) is 0 Å². The first-order chi connectivity index (χ1) is 6.34. The van der Waals surface area contributed by atoms with E-state index in [1.807, 2.05) is 0 Å². The Kier molecular flexibility index (Phi) is 3.23. The minimum Gasteiger partial charge on any atom is -0.313 e. The van der Waals surface area contributed by atoms with Gasteiger partial charge in [-0.15, -0.1) is 0 Å². The van der Waals surface area contributed by atoms with Crippen LogP contribution < -0.4 is 5.32 Å². The van der Waals surface area contributed by atoms with Crippen molar-refractivity contribution < 1.29 is 0 Å². The smallest absolute Gasteiger partial charge is 0.0195 e. The zero-order valence-corrected chi connectivity index (χ0v) is 8.76. The first-order valence-electron chi connectivity index (χ1n) is 5.80. The highest BCUT2D eigenvalue weighted by molar-refractivity contribution is 4.79. The first kappa shape index (κ1) is 9.47. The van der Waals surface area contributed by atoms with Crippen molar-refractivity contribution in [3.05, 3.63) is 0 Å². The predicted molar refractivity (Wildman–Crippen MR) is 55.9 cm³/mol. The molecule has 2 aliphatic rings. The van der Waals surface area contributed by atoms with Gasteiger partial charge in [0.05, 0.1) is 0 Å². The maximum absolute atomic E-state index is 3.57. The maximum atomic E-state index is 3.57. The molecule has 0 aromatic heterocycles. The van der Waals surface area contributed by atoms with E-state index in [-0.39, 0.29) is 0 Å². The summed E-state index contributed by atoms with van der Waals surface area (Å²) in [6.07, 6.45) is 5.60. The fourth-order valence-corrected chi connectivity index (χ4v) is 2.47. The van der Waals surface area contributed by atoms with Gasteiger partial charge in [0.25, 0.3) is 0 Å². The normalized spacial score (nSPS) is 32.5. The molecule has 1 N–H and O–H groups in total. The summed E-state index contributed by atoms with van der Waals surface area (Å²) in [5, 5.41) is 3.57. The number of piperidine rings is 1. The fraction of sp³-hybridized carbons (Fsp3) is 1.00. The summed E-state index contributed by atoms with van der Waals surface area (Å²) in [5.41, 5.74) is 0. The van der Waals surface area contributed by atoms with E-state index in [1.54, 1.807) is 0 Å². The molecule has 0 radical (unpaired) electrons. The summed E-state index contributed by atoms with van der Waals surface area (Å²) in [4.78, 5) is 2.64. The number of nitrogens with zero attached hydrogens (tertiary/aromatic N) is 1. The second kappa shape index (κ2) is 4.43. The third-order valence-corrected chi connectivity index (χ3v) is 3.52. The highest BCUT2D eigenvalue weighted by Gasteiger charge is 2.20. The van der Waals surface area contributed by atoms with Gasteiger partial charge in [0.2, 0.25) is 0 Å². The molecule has 1 unspecified atom stereocenters. The zero-order chi connectivity index (χ0) is 9.10. The molecule has 2 heteroatoms. The molecule has 2 heterocycles. The Morgan fingerprint density at radius 1 is 1.23 bits per heavy atom. The summed E-state index contributed by atoms with van der Waals surface area (Å²) in [6.45, 7) is 7.59. The number of hydrogen-bond acceptors (Lipinski definition) is 2. The molecule has 2 aliphatic heterocycles. The molecular weight excluding hydrogens is 160 g/mol. The Balaban J connectivity index is 1.69. The number of nitrogens with one attached hydrogen (secondary N) is 1. The van der Waals surface area contributed by atoms with E-state index in [2.05, 4.69) is 17.1 Å². The molecule has 2 saturated heterocycles. The summed E-state index contributed by atoms with van der Waals surface area (Å²) >= 11 is 0. The molecule has 2 rings (SSSR count). The monoisotopic (exact) mass is 182 g/mol. The van der Waals surface area contributed by atoms with E-state index < -0.39 is 0 Å². The Labute approximate surface area is 81.7 Å². The van der Waals surface area contributed by atoms with Crippen molar-refractivity contribution in [2.75, 3.05) is 26.2 Å². The van der Waals surface area contributed by atoms with Crippen LogP contribution >= 0.6 is 0 Å². The van der Waals surface area contributed by atoms with E-state index in [0.717, 1.165) is 12.0 Å². The van der Waals surface area contributed by atoms with E-state index in [1.165, 1.54) is 51.9 Å². The van der Waals surface area contributed by atoms with Crippen molar-refractivity contribution in [3.63, 3.8) is 0 Å². The average Bonchev–Trinajstić information content (AvgIpc) is 2.62. The fourth-order valence-electron chi connectivity index (χ4n) is 2.47. The molecule has 0 aromatic rings. The molecule has 2 fully saturated rings. The Morgan fingerprint density at radius 3 is 2.62 bits per heavy atom. The van der Waals surface area contributed by atoms with Crippen molar-refractivity contribution in [2.45, 2.75) is 38.6 Å². The third-order valence-electron chi connectivity index (χ3n) is 3.52. The van der Waals surface area contributed by atoms with Crippen molar-refractivity contribution in [3.8, 4) is 0 Å². The standard InChI is InChI=1S/C11H22N2/c1-10-4-7-13(8-5-10)9-11-3-2-6-12-11/h10-12H,2-9H2,1H3. The highest BCUT2D eigenvalue weighted by atomic mass is 15.2. The number of likely N-dealkylation sites (tertiary alicyclic amines) is 1. The summed E-state index contributed by atoms with van der Waals surface area (Å²) < 4.78 is 0. The van der Waals surface area contributed by atoms with Gasteiger partial charge >= 0.3 is 0 Å². The highest BCUT2D eigenvalue weighted by Crippen LogP contribution is 2.17. The largest absolute Gasteiger partial charge is 0.313 e. The number of hydrogen-bond donors (Lipinski definition) is 1. The molecule has 13 heavy (non-hydrogen) atoms. The van der Waals surface area contributed by atoms with Gasteiger partial charge in [-0.25, -0.2) is 0 Å². The van der Waals surface area contributed by atoms with Crippen LogP contribution in [-0.2, 0) is 0 Å². The topological polar surface area (TPSA) is 15.3 Å². The molecule has 1 atom stereocenters. The zero-order valence-electron chi connectivity index (χ0n) is 8.76. The Morgan fingerprint density at radius 2 is 2.00 bits per heavy atom. The maximum Gasteiger partial charge on any atom is 0.0195 e. The molecule has 0 bridgehead atoms. The lowest BCUT2D eigenvalue weighted by Gasteiger charge is -2.32. The van der Waals surface area contributed by atoms with Crippen molar-refractivity contribution in [1.82, 2.24) is 10.2 Å². The van der Waals surface area contributed by atoms with Gasteiger partial charge < -0.3 is 10.2 Å². The van der Waals surface area contributed by atoms with Crippen LogP contribution in [-0.4, -0.2) is 37.1 Å². The van der Waals surface area contributed by atoms with Gasteiger partial charge in [-0.3, -0.25) is 0 Å². The lowest BCUT2D eigenvalue weighted by molar-refractivity contribution is 0.179. The lowest BCUT2D eigenvalue weighted by atomic mass is 9.99. The van der Waals surface area contributed by atoms with Crippen LogP contribution in [0, 0.1) is 5.92 Å². The third kappa shape index (κ3) is 2.68. The van der Waals surface area contributed by atoms with Crippen LogP contribution in [0.1, 0.15) is 32.6 Å². The van der Waals surface area contributed by atoms with Gasteiger partial charge in [0, 0.05) is 12.6 Å². The molecule has 0 amide bonds. The van der Waals surface area contributed by atoms with Gasteiger partial charge in [-0.2, -0.15) is 0 Å². The summed E-state index contributed by atoms with van der Waals surface area (Å²) in [7, 11) is 0. The van der Waals surface area contributed by atoms with Crippen molar-refractivity contribution in [2.24, 2.45) is 5.92 Å². The molecule has 2 nitrogen and oxygen atoms in total. The summed E-state index contributed by atoms with van der Waals surface area (Å²) in [5.74, 6) is 0.966. The second-order valence-corrected chi connectivity index (χ2v) is 4.78. The van der Waals surface area contributed by atoms with Crippen molar-refractivity contribution in [1.29, 1.82) is 0 Å². The minimum atomic E-state index is 0.799. The molecule has 0 saturated carbocycles. The summed E-state index contributed by atoms with van der Waals surface area (Å²) in [6, 6.07) is 0.799. The SMILES string of the molecule is CC1CCN(CC2CCCN2)CC1. The second-order valence-electron chi connectivity index (χ2n) is 4.78. The molecule has 0 aromatic carbocycles. The average molecular weight is 182 g/mol. The number of rotatable bonds is 2. The van der Waals surface area contributed by atoms with Crippen LogP contribution in [0.15, 0.2) is 0 Å². The van der Waals surface area contributed by atoms with E-state index >= 15 is 0 Å². The van der Waals surface area contributed by atoms with Gasteiger partial charge in [0.1, 0.15) is 0 Å². The van der Waals surface area contributed by atoms with Crippen LogP contribution in [0.4, 0.5) is 0 Å². The molecule has 0 spiro atoms. The first-order valence-corrected chi connectivity index (χ1v) is 5.80. The van der Waals surface area contributed by atoms with Crippen LogP contribution in [0.3, 0.4) is 0 Å². The van der Waals surface area contributed by atoms with Crippen LogP contribution in [0.25, 0.3) is 0 Å². The van der Waals surface area contributed by atoms with Gasteiger partial charge in [0.15, 0.2) is 0 Å². The molecule has 76 valence electrons. The van der Waals surface area contributed by atoms with Crippen LogP contribution in [0.2, 0.25) is 0 Å². The Bertz CT molecular complexity index is 144. The Hall–Kier alpha value is -0.0800. The van der Waals surface area contributed by atoms with Gasteiger partial charge in [-0.1, -0.05) is 6.92 Å².